The summed E-state index contributed by atoms with van der Waals surface area (Å²) in [7, 11) is 0. The molecule has 0 amide bonds. The number of rotatable bonds is 7. The first-order chi connectivity index (χ1) is 11.4. The molecule has 0 saturated heterocycles. The van der Waals surface area contributed by atoms with Crippen molar-refractivity contribution in [3.63, 3.8) is 0 Å². The lowest BCUT2D eigenvalue weighted by molar-refractivity contribution is -0.139. The molecule has 0 radical (unpaired) electrons. The van der Waals surface area contributed by atoms with Crippen molar-refractivity contribution >= 4 is 18.3 Å². The number of allylic oxidation sites excluding steroid dienone is 1. The van der Waals surface area contributed by atoms with Gasteiger partial charge in [-0.3, -0.25) is 4.99 Å². The molecule has 1 rings (SSSR count). The Balaban J connectivity index is 0.00000254. The molecule has 1 aromatic carbocycles. The number of nitrogens with zero attached hydrogens (tertiary/aromatic N) is 1. The molecular formula is C17H23F3N2O2. The van der Waals surface area contributed by atoms with Gasteiger partial charge in [0.1, 0.15) is 6.04 Å². The minimum atomic E-state index is -4.44. The number of hydrogen-bond acceptors (Lipinski definition) is 3. The lowest BCUT2D eigenvalue weighted by Gasteiger charge is -2.09. The molecule has 134 valence electrons. The molecule has 0 bridgehead atoms. The van der Waals surface area contributed by atoms with E-state index in [0.717, 1.165) is 6.07 Å². The molecule has 1 aromatic rings. The van der Waals surface area contributed by atoms with Gasteiger partial charge >= 0.3 is 12.1 Å². The maximum absolute atomic E-state index is 12.8. The normalized spacial score (nSPS) is 12.9. The summed E-state index contributed by atoms with van der Waals surface area (Å²) in [5.41, 5.74) is 4.54. The lowest BCUT2D eigenvalue weighted by atomic mass is 10.1. The van der Waals surface area contributed by atoms with Crippen LogP contribution < -0.4 is 5.73 Å². The van der Waals surface area contributed by atoms with E-state index in [1.165, 1.54) is 36.6 Å². The fraction of sp³-hybridized carbons (Fsp3) is 0.412. The van der Waals surface area contributed by atoms with Gasteiger partial charge in [0.2, 0.25) is 0 Å². The van der Waals surface area contributed by atoms with Crippen LogP contribution in [-0.4, -0.2) is 29.9 Å². The summed E-state index contributed by atoms with van der Waals surface area (Å²) in [6.45, 7) is 4.36. The van der Waals surface area contributed by atoms with Crippen LogP contribution in [0.3, 0.4) is 0 Å². The number of aliphatic imine (C=N–C) groups is 1. The van der Waals surface area contributed by atoms with Gasteiger partial charge in [-0.05, 0) is 37.1 Å². The summed E-state index contributed by atoms with van der Waals surface area (Å²) in [5, 5.41) is 8.94. The van der Waals surface area contributed by atoms with E-state index >= 15 is 0 Å². The van der Waals surface area contributed by atoms with Crippen LogP contribution >= 0.6 is 0 Å². The molecule has 0 aliphatic rings. The number of benzene rings is 1. The molecule has 24 heavy (non-hydrogen) atoms. The van der Waals surface area contributed by atoms with Crippen LogP contribution in [0.15, 0.2) is 35.3 Å². The quantitative estimate of drug-likeness (QED) is 0.734. The Morgan fingerprint density at radius 1 is 1.33 bits per heavy atom. The average Bonchev–Trinajstić information content (AvgIpc) is 2.55. The van der Waals surface area contributed by atoms with E-state index in [9.17, 15) is 18.0 Å². The van der Waals surface area contributed by atoms with Gasteiger partial charge in [-0.1, -0.05) is 38.1 Å². The number of alkyl halides is 3. The number of carboxylic acids is 1. The third-order valence-electron chi connectivity index (χ3n) is 2.86. The maximum atomic E-state index is 12.8. The molecule has 0 aliphatic carbocycles. The molecule has 7 heteroatoms. The Hall–Kier alpha value is -2.15. The standard InChI is InChI=1S/C15H17F3N2O2.C2H6/c16-15(17,18)12-7-2-1-5-11(12)6-4-10-20-13(14(21)22)8-3-9-19;1-2/h1-2,4-7,10,13H,3,8-9,19H2,(H,21,22);1-2H3/b6-4+,20-10?;. The monoisotopic (exact) mass is 344 g/mol. The van der Waals surface area contributed by atoms with E-state index in [2.05, 4.69) is 4.99 Å². The first kappa shape index (κ1) is 21.9. The van der Waals surface area contributed by atoms with Crippen molar-refractivity contribution in [1.29, 1.82) is 0 Å². The van der Waals surface area contributed by atoms with Crippen LogP contribution in [0.2, 0.25) is 0 Å². The van der Waals surface area contributed by atoms with Gasteiger partial charge in [0.05, 0.1) is 5.56 Å². The van der Waals surface area contributed by atoms with Crippen LogP contribution in [0.25, 0.3) is 6.08 Å². The zero-order valence-corrected chi connectivity index (χ0v) is 13.8. The third kappa shape index (κ3) is 7.92. The van der Waals surface area contributed by atoms with Gasteiger partial charge < -0.3 is 10.8 Å². The molecule has 0 aliphatic heterocycles. The highest BCUT2D eigenvalue weighted by atomic mass is 19.4. The minimum absolute atomic E-state index is 0.00437. The van der Waals surface area contributed by atoms with Gasteiger partial charge in [0.25, 0.3) is 0 Å². The van der Waals surface area contributed by atoms with E-state index in [0.29, 0.717) is 13.0 Å². The van der Waals surface area contributed by atoms with Gasteiger partial charge in [0, 0.05) is 6.21 Å². The number of carbonyl (C=O) groups is 1. The molecular weight excluding hydrogens is 321 g/mol. The van der Waals surface area contributed by atoms with Crippen molar-refractivity contribution in [2.45, 2.75) is 38.9 Å². The Morgan fingerprint density at radius 2 is 1.96 bits per heavy atom. The van der Waals surface area contributed by atoms with E-state index < -0.39 is 23.8 Å². The maximum Gasteiger partial charge on any atom is 0.416 e. The fourth-order valence-electron chi connectivity index (χ4n) is 1.77. The summed E-state index contributed by atoms with van der Waals surface area (Å²) in [6.07, 6.45) is 0.0899. The average molecular weight is 344 g/mol. The van der Waals surface area contributed by atoms with Crippen molar-refractivity contribution in [3.8, 4) is 0 Å². The zero-order chi connectivity index (χ0) is 18.6. The fourth-order valence-corrected chi connectivity index (χ4v) is 1.77. The van der Waals surface area contributed by atoms with Crippen LogP contribution in [0.4, 0.5) is 13.2 Å². The molecule has 0 saturated carbocycles. The molecule has 0 heterocycles. The summed E-state index contributed by atoms with van der Waals surface area (Å²) < 4.78 is 38.3. The van der Waals surface area contributed by atoms with Crippen molar-refractivity contribution in [2.24, 2.45) is 10.7 Å². The van der Waals surface area contributed by atoms with E-state index in [4.69, 9.17) is 10.8 Å². The summed E-state index contributed by atoms with van der Waals surface area (Å²) in [5.74, 6) is -1.09. The zero-order valence-electron chi connectivity index (χ0n) is 13.8. The molecule has 0 spiro atoms. The van der Waals surface area contributed by atoms with Gasteiger partial charge in [-0.25, -0.2) is 4.79 Å². The molecule has 4 nitrogen and oxygen atoms in total. The summed E-state index contributed by atoms with van der Waals surface area (Å²) >= 11 is 0. The number of aliphatic carboxylic acids is 1. The van der Waals surface area contributed by atoms with Crippen molar-refractivity contribution in [3.05, 3.63) is 41.5 Å². The van der Waals surface area contributed by atoms with Crippen molar-refractivity contribution < 1.29 is 23.1 Å². The van der Waals surface area contributed by atoms with Gasteiger partial charge in [0.15, 0.2) is 0 Å². The highest BCUT2D eigenvalue weighted by Gasteiger charge is 2.32. The second kappa shape index (κ2) is 11.4. The first-order valence-corrected chi connectivity index (χ1v) is 7.65. The Morgan fingerprint density at radius 3 is 2.50 bits per heavy atom. The Kier molecular flexibility index (Phi) is 10.4. The van der Waals surface area contributed by atoms with Crippen molar-refractivity contribution in [1.82, 2.24) is 0 Å². The van der Waals surface area contributed by atoms with Crippen molar-refractivity contribution in [2.75, 3.05) is 6.54 Å². The lowest BCUT2D eigenvalue weighted by Crippen LogP contribution is -2.19. The van der Waals surface area contributed by atoms with Gasteiger partial charge in [-0.2, -0.15) is 13.2 Å². The van der Waals surface area contributed by atoms with E-state index in [1.54, 1.807) is 0 Å². The number of halogens is 3. The number of nitrogens with two attached hydrogens (primary N) is 1. The second-order valence-corrected chi connectivity index (χ2v) is 4.53. The third-order valence-corrected chi connectivity index (χ3v) is 2.86. The van der Waals surface area contributed by atoms with E-state index in [1.807, 2.05) is 13.8 Å². The molecule has 3 N–H and O–H groups in total. The van der Waals surface area contributed by atoms with E-state index in [-0.39, 0.29) is 12.0 Å². The largest absolute Gasteiger partial charge is 0.480 e. The Bertz CT molecular complexity index is 555. The highest BCUT2D eigenvalue weighted by Crippen LogP contribution is 2.32. The minimum Gasteiger partial charge on any atom is -0.480 e. The molecule has 1 atom stereocenters. The molecule has 0 fully saturated rings. The SMILES string of the molecule is CC.NCCCC(N=C/C=C/c1ccccc1C(F)(F)F)C(=O)O. The smallest absolute Gasteiger partial charge is 0.416 e. The number of hydrogen-bond donors (Lipinski definition) is 2. The molecule has 1 unspecified atom stereocenters. The predicted octanol–water partition coefficient (Wildman–Crippen LogP) is 4.01. The highest BCUT2D eigenvalue weighted by molar-refractivity contribution is 5.82. The Labute approximate surface area is 139 Å². The second-order valence-electron chi connectivity index (χ2n) is 4.53. The summed E-state index contributed by atoms with van der Waals surface area (Å²) in [6, 6.07) is 4.18. The topological polar surface area (TPSA) is 75.7 Å². The van der Waals surface area contributed by atoms with Crippen LogP contribution in [0.5, 0.6) is 0 Å². The van der Waals surface area contributed by atoms with Crippen LogP contribution in [0, 0.1) is 0 Å². The van der Waals surface area contributed by atoms with Gasteiger partial charge in [-0.15, -0.1) is 0 Å². The first-order valence-electron chi connectivity index (χ1n) is 7.65. The predicted molar refractivity (Wildman–Crippen MR) is 90.0 cm³/mol. The summed E-state index contributed by atoms with van der Waals surface area (Å²) in [4.78, 5) is 14.7. The molecule has 0 aromatic heterocycles. The van der Waals surface area contributed by atoms with Crippen LogP contribution in [0.1, 0.15) is 37.8 Å². The van der Waals surface area contributed by atoms with Crippen LogP contribution in [-0.2, 0) is 11.0 Å². The number of carboxylic acid groups (broad SMARTS) is 1.